The van der Waals surface area contributed by atoms with Crippen LogP contribution in [-0.2, 0) is 0 Å². The molecule has 2 heterocycles. The lowest BCUT2D eigenvalue weighted by Crippen LogP contribution is -2.01. The van der Waals surface area contributed by atoms with E-state index in [1.54, 1.807) is 0 Å². The lowest BCUT2D eigenvalue weighted by Gasteiger charge is -2.13. The number of rotatable bonds is 6. The minimum Gasteiger partial charge on any atom is -0.292 e. The summed E-state index contributed by atoms with van der Waals surface area (Å²) >= 11 is 0. The standard InChI is InChI=1S/C37H29N5/c1-25(2)30-16-11-17-31(24-30)42-33-19-10-9-18-32(33)38-37(42)29-22-20-28(21-23-29)36-40-34(26-12-5-3-6-13-26)39-35(41-36)27-14-7-4-8-15-27/h3-25H,1-2H3. The lowest BCUT2D eigenvalue weighted by molar-refractivity contribution is 0.863. The number of imidazole rings is 1. The fraction of sp³-hybridized carbons (Fsp3) is 0.0811. The molecule has 0 fully saturated rings. The molecule has 0 radical (unpaired) electrons. The first kappa shape index (κ1) is 25.5. The molecule has 0 aliphatic rings. The van der Waals surface area contributed by atoms with E-state index < -0.39 is 0 Å². The smallest absolute Gasteiger partial charge is 0.164 e. The van der Waals surface area contributed by atoms with E-state index in [0.29, 0.717) is 23.4 Å². The molecule has 0 atom stereocenters. The van der Waals surface area contributed by atoms with Crippen LogP contribution in [0.3, 0.4) is 0 Å². The summed E-state index contributed by atoms with van der Waals surface area (Å²) in [6.45, 7) is 4.44. The molecule has 5 heteroatoms. The lowest BCUT2D eigenvalue weighted by atomic mass is 10.0. The first-order valence-corrected chi connectivity index (χ1v) is 14.2. The second-order valence-corrected chi connectivity index (χ2v) is 10.6. The van der Waals surface area contributed by atoms with Crippen LogP contribution in [-0.4, -0.2) is 24.5 Å². The average molecular weight is 544 g/mol. The Kier molecular flexibility index (Phi) is 6.61. The highest BCUT2D eigenvalue weighted by atomic mass is 15.1. The van der Waals surface area contributed by atoms with Gasteiger partial charge in [0.2, 0.25) is 0 Å². The zero-order valence-corrected chi connectivity index (χ0v) is 23.5. The van der Waals surface area contributed by atoms with Gasteiger partial charge in [-0.25, -0.2) is 19.9 Å². The Hall–Kier alpha value is -5.42. The molecule has 5 aromatic carbocycles. The second kappa shape index (κ2) is 10.9. The molecule has 0 aliphatic carbocycles. The van der Waals surface area contributed by atoms with Crippen LogP contribution < -0.4 is 0 Å². The molecule has 2 aromatic heterocycles. The molecule has 0 unspecified atom stereocenters. The van der Waals surface area contributed by atoms with Crippen LogP contribution in [0.25, 0.3) is 62.3 Å². The molecular formula is C37H29N5. The fourth-order valence-corrected chi connectivity index (χ4v) is 5.21. The maximum absolute atomic E-state index is 5.07. The predicted molar refractivity (Wildman–Crippen MR) is 170 cm³/mol. The Morgan fingerprint density at radius 3 is 1.60 bits per heavy atom. The Balaban J connectivity index is 1.34. The van der Waals surface area contributed by atoms with E-state index in [-0.39, 0.29) is 0 Å². The van der Waals surface area contributed by atoms with Crippen molar-refractivity contribution in [3.05, 3.63) is 139 Å². The van der Waals surface area contributed by atoms with Gasteiger partial charge in [0.15, 0.2) is 17.5 Å². The SMILES string of the molecule is CC(C)c1cccc(-n2c(-c3ccc(-c4nc(-c5ccccc5)nc(-c5ccccc5)n4)cc3)nc3ccccc32)c1. The summed E-state index contributed by atoms with van der Waals surface area (Å²) in [7, 11) is 0. The first-order chi connectivity index (χ1) is 20.6. The van der Waals surface area contributed by atoms with Gasteiger partial charge in [-0.15, -0.1) is 0 Å². The molecule has 0 saturated carbocycles. The molecule has 7 aromatic rings. The van der Waals surface area contributed by atoms with Crippen molar-refractivity contribution in [2.24, 2.45) is 0 Å². The van der Waals surface area contributed by atoms with Crippen LogP contribution in [0.15, 0.2) is 133 Å². The number of hydrogen-bond donors (Lipinski definition) is 0. The Morgan fingerprint density at radius 2 is 1.00 bits per heavy atom. The third-order valence-electron chi connectivity index (χ3n) is 7.46. The van der Waals surface area contributed by atoms with Gasteiger partial charge in [-0.05, 0) is 35.7 Å². The Bertz CT molecular complexity index is 1940. The minimum atomic E-state index is 0.435. The highest BCUT2D eigenvalue weighted by Gasteiger charge is 2.16. The van der Waals surface area contributed by atoms with Crippen molar-refractivity contribution in [2.75, 3.05) is 0 Å². The molecule has 0 N–H and O–H groups in total. The van der Waals surface area contributed by atoms with Gasteiger partial charge in [0, 0.05) is 27.9 Å². The van der Waals surface area contributed by atoms with Crippen LogP contribution in [0.1, 0.15) is 25.3 Å². The number of fused-ring (bicyclic) bond motifs is 1. The van der Waals surface area contributed by atoms with Gasteiger partial charge in [-0.1, -0.05) is 123 Å². The quantitative estimate of drug-likeness (QED) is 0.210. The molecule has 0 spiro atoms. The summed E-state index contributed by atoms with van der Waals surface area (Å²) < 4.78 is 2.25. The molecule has 5 nitrogen and oxygen atoms in total. The number of nitrogens with zero attached hydrogens (tertiary/aromatic N) is 5. The van der Waals surface area contributed by atoms with Gasteiger partial charge in [-0.3, -0.25) is 4.57 Å². The average Bonchev–Trinajstić information content (AvgIpc) is 3.45. The van der Waals surface area contributed by atoms with Gasteiger partial charge in [0.25, 0.3) is 0 Å². The van der Waals surface area contributed by atoms with Crippen molar-refractivity contribution in [3.63, 3.8) is 0 Å². The maximum Gasteiger partial charge on any atom is 0.164 e. The number of hydrogen-bond acceptors (Lipinski definition) is 4. The number of para-hydroxylation sites is 2. The molecule has 0 aliphatic heterocycles. The molecule has 0 bridgehead atoms. The predicted octanol–water partition coefficient (Wildman–Crippen LogP) is 9.00. The molecule has 42 heavy (non-hydrogen) atoms. The molecular weight excluding hydrogens is 514 g/mol. The van der Waals surface area contributed by atoms with Crippen LogP contribution in [0.4, 0.5) is 0 Å². The summed E-state index contributed by atoms with van der Waals surface area (Å²) in [5.41, 5.74) is 8.28. The fourth-order valence-electron chi connectivity index (χ4n) is 5.21. The van der Waals surface area contributed by atoms with Crippen molar-refractivity contribution in [3.8, 4) is 51.2 Å². The second-order valence-electron chi connectivity index (χ2n) is 10.6. The third kappa shape index (κ3) is 4.86. The maximum atomic E-state index is 5.07. The van der Waals surface area contributed by atoms with E-state index in [0.717, 1.165) is 44.8 Å². The molecule has 202 valence electrons. The Morgan fingerprint density at radius 1 is 0.476 bits per heavy atom. The van der Waals surface area contributed by atoms with E-state index in [1.807, 2.05) is 66.7 Å². The Labute approximate surface area is 245 Å². The highest BCUT2D eigenvalue weighted by Crippen LogP contribution is 2.32. The highest BCUT2D eigenvalue weighted by molar-refractivity contribution is 5.83. The van der Waals surface area contributed by atoms with Crippen molar-refractivity contribution in [2.45, 2.75) is 19.8 Å². The van der Waals surface area contributed by atoms with Crippen molar-refractivity contribution in [1.29, 1.82) is 0 Å². The van der Waals surface area contributed by atoms with Crippen LogP contribution >= 0.6 is 0 Å². The number of benzene rings is 5. The van der Waals surface area contributed by atoms with Crippen LogP contribution in [0, 0.1) is 0 Å². The topological polar surface area (TPSA) is 56.5 Å². The number of aromatic nitrogens is 5. The molecule has 7 rings (SSSR count). The summed E-state index contributed by atoms with van der Waals surface area (Å²) in [6.07, 6.45) is 0. The van der Waals surface area contributed by atoms with Crippen molar-refractivity contribution in [1.82, 2.24) is 24.5 Å². The zero-order valence-electron chi connectivity index (χ0n) is 23.5. The van der Waals surface area contributed by atoms with Gasteiger partial charge in [0.05, 0.1) is 11.0 Å². The summed E-state index contributed by atoms with van der Waals surface area (Å²) in [5, 5.41) is 0. The van der Waals surface area contributed by atoms with Crippen LogP contribution in [0.2, 0.25) is 0 Å². The van der Waals surface area contributed by atoms with Gasteiger partial charge in [0.1, 0.15) is 5.82 Å². The van der Waals surface area contributed by atoms with Gasteiger partial charge < -0.3 is 0 Å². The summed E-state index contributed by atoms with van der Waals surface area (Å²) in [5.74, 6) is 3.26. The minimum absolute atomic E-state index is 0.435. The zero-order chi connectivity index (χ0) is 28.5. The van der Waals surface area contributed by atoms with E-state index in [1.165, 1.54) is 5.56 Å². The van der Waals surface area contributed by atoms with E-state index in [9.17, 15) is 0 Å². The van der Waals surface area contributed by atoms with E-state index in [4.69, 9.17) is 19.9 Å². The van der Waals surface area contributed by atoms with E-state index in [2.05, 4.69) is 85.1 Å². The summed E-state index contributed by atoms with van der Waals surface area (Å²) in [4.78, 5) is 19.7. The monoisotopic (exact) mass is 543 g/mol. The molecule has 0 saturated heterocycles. The normalized spacial score (nSPS) is 11.3. The van der Waals surface area contributed by atoms with Crippen molar-refractivity contribution < 1.29 is 0 Å². The van der Waals surface area contributed by atoms with Crippen LogP contribution in [0.5, 0.6) is 0 Å². The summed E-state index contributed by atoms with van der Waals surface area (Å²) in [6, 6.07) is 45.5. The third-order valence-corrected chi connectivity index (χ3v) is 7.46. The van der Waals surface area contributed by atoms with Gasteiger partial charge >= 0.3 is 0 Å². The van der Waals surface area contributed by atoms with E-state index >= 15 is 0 Å². The van der Waals surface area contributed by atoms with Gasteiger partial charge in [-0.2, -0.15) is 0 Å². The largest absolute Gasteiger partial charge is 0.292 e. The van der Waals surface area contributed by atoms with Crippen molar-refractivity contribution >= 4 is 11.0 Å². The first-order valence-electron chi connectivity index (χ1n) is 14.2. The molecule has 0 amide bonds.